The number of aromatic amines is 1. The van der Waals surface area contributed by atoms with E-state index in [4.69, 9.17) is 0 Å². The summed E-state index contributed by atoms with van der Waals surface area (Å²) in [5, 5.41) is 14.3. The van der Waals surface area contributed by atoms with Crippen molar-refractivity contribution in [1.82, 2.24) is 30.1 Å². The van der Waals surface area contributed by atoms with Gasteiger partial charge in [0.1, 0.15) is 6.04 Å². The minimum Gasteiger partial charge on any atom is -0.369 e. The van der Waals surface area contributed by atoms with E-state index in [9.17, 15) is 4.79 Å². The zero-order valence-electron chi connectivity index (χ0n) is 23.6. The number of aryl methyl sites for hydroxylation is 4. The Bertz CT molecular complexity index is 1540. The van der Waals surface area contributed by atoms with Gasteiger partial charge in [-0.1, -0.05) is 43.0 Å². The van der Waals surface area contributed by atoms with E-state index in [2.05, 4.69) is 94.4 Å². The number of nitrogens with one attached hydrogen (secondary N) is 1. The minimum absolute atomic E-state index is 0.0606. The van der Waals surface area contributed by atoms with Crippen LogP contribution in [0.2, 0.25) is 0 Å². The molecular formula is C31H39N7O. The molecule has 2 aromatic carbocycles. The maximum atomic E-state index is 13.7. The average Bonchev–Trinajstić information content (AvgIpc) is 3.41. The molecule has 3 heterocycles. The van der Waals surface area contributed by atoms with Crippen molar-refractivity contribution in [3.63, 3.8) is 0 Å². The number of rotatable bonds is 5. The lowest BCUT2D eigenvalue weighted by Crippen LogP contribution is -2.49. The van der Waals surface area contributed by atoms with Gasteiger partial charge in [-0.2, -0.15) is 0 Å². The van der Waals surface area contributed by atoms with Crippen LogP contribution >= 0.6 is 0 Å². The highest BCUT2D eigenvalue weighted by Gasteiger charge is 2.34. The first kappa shape index (κ1) is 25.7. The fraction of sp³-hybridized carbons (Fsp3) is 0.484. The predicted molar refractivity (Wildman–Crippen MR) is 156 cm³/mol. The van der Waals surface area contributed by atoms with Crippen molar-refractivity contribution < 1.29 is 0 Å². The lowest BCUT2D eigenvalue weighted by atomic mass is 9.94. The lowest BCUT2D eigenvalue weighted by Gasteiger charge is -2.40. The van der Waals surface area contributed by atoms with Gasteiger partial charge in [0.25, 0.3) is 5.56 Å². The zero-order valence-corrected chi connectivity index (χ0v) is 23.6. The molecule has 0 amide bonds. The molecule has 1 aliphatic carbocycles. The standard InChI is InChI=1S/C31H39N7O/c1-20-10-11-22(3)27(18-20)36-12-14-37(15-13-36)29(30-33-34-35-38(30)25-8-6-5-7-9-25)26-19-24-17-21(2)16-23(4)28(24)32-31(26)39/h10-11,16-19,25,29H,5-9,12-15H2,1-4H3,(H,32,39). The minimum atomic E-state index is -0.309. The Labute approximate surface area is 230 Å². The molecule has 8 heteroatoms. The van der Waals surface area contributed by atoms with Crippen LogP contribution in [0.4, 0.5) is 5.69 Å². The van der Waals surface area contributed by atoms with E-state index >= 15 is 0 Å². The summed E-state index contributed by atoms with van der Waals surface area (Å²) in [6.07, 6.45) is 5.81. The molecule has 1 aliphatic heterocycles. The maximum absolute atomic E-state index is 13.7. The summed E-state index contributed by atoms with van der Waals surface area (Å²) in [6.45, 7) is 11.9. The van der Waals surface area contributed by atoms with E-state index < -0.39 is 0 Å². The molecule has 0 bridgehead atoms. The van der Waals surface area contributed by atoms with Gasteiger partial charge in [0, 0.05) is 37.4 Å². The molecule has 2 aliphatic rings. The van der Waals surface area contributed by atoms with Crippen molar-refractivity contribution in [2.45, 2.75) is 71.9 Å². The molecule has 1 saturated carbocycles. The molecule has 39 heavy (non-hydrogen) atoms. The van der Waals surface area contributed by atoms with Crippen molar-refractivity contribution in [3.8, 4) is 0 Å². The van der Waals surface area contributed by atoms with Gasteiger partial charge in [0.05, 0.1) is 11.6 Å². The van der Waals surface area contributed by atoms with Crippen LogP contribution in [0.25, 0.3) is 10.9 Å². The molecule has 0 radical (unpaired) electrons. The van der Waals surface area contributed by atoms with Gasteiger partial charge < -0.3 is 9.88 Å². The highest BCUT2D eigenvalue weighted by molar-refractivity contribution is 5.83. The number of hydrogen-bond donors (Lipinski definition) is 1. The molecule has 2 aromatic heterocycles. The second-order valence-corrected chi connectivity index (χ2v) is 11.6. The summed E-state index contributed by atoms with van der Waals surface area (Å²) in [5.74, 6) is 0.788. The third kappa shape index (κ3) is 4.98. The van der Waals surface area contributed by atoms with Gasteiger partial charge >= 0.3 is 0 Å². The van der Waals surface area contributed by atoms with E-state index in [0.717, 1.165) is 66.9 Å². The van der Waals surface area contributed by atoms with E-state index in [1.807, 2.05) is 4.68 Å². The Hall–Kier alpha value is -3.52. The Morgan fingerprint density at radius 3 is 2.41 bits per heavy atom. The third-order valence-corrected chi connectivity index (χ3v) is 8.68. The number of aromatic nitrogens is 5. The highest BCUT2D eigenvalue weighted by Crippen LogP contribution is 2.34. The summed E-state index contributed by atoms with van der Waals surface area (Å²) in [5.41, 5.74) is 7.70. The first-order valence-electron chi connectivity index (χ1n) is 14.4. The molecule has 204 valence electrons. The van der Waals surface area contributed by atoms with Crippen LogP contribution in [0.3, 0.4) is 0 Å². The lowest BCUT2D eigenvalue weighted by molar-refractivity contribution is 0.192. The number of H-pyrrole nitrogens is 1. The average molecular weight is 526 g/mol. The Kier molecular flexibility index (Phi) is 6.97. The van der Waals surface area contributed by atoms with E-state index in [1.165, 1.54) is 41.6 Å². The topological polar surface area (TPSA) is 82.9 Å². The van der Waals surface area contributed by atoms with Crippen LogP contribution in [0, 0.1) is 27.7 Å². The largest absolute Gasteiger partial charge is 0.369 e. The van der Waals surface area contributed by atoms with Crippen molar-refractivity contribution in [3.05, 3.63) is 80.4 Å². The van der Waals surface area contributed by atoms with Crippen LogP contribution < -0.4 is 10.5 Å². The fourth-order valence-electron chi connectivity index (χ4n) is 6.65. The molecule has 8 nitrogen and oxygen atoms in total. The molecule has 0 spiro atoms. The first-order valence-corrected chi connectivity index (χ1v) is 14.4. The van der Waals surface area contributed by atoms with Crippen molar-refractivity contribution >= 4 is 16.6 Å². The fourth-order valence-corrected chi connectivity index (χ4v) is 6.65. The van der Waals surface area contributed by atoms with Crippen molar-refractivity contribution in [2.75, 3.05) is 31.1 Å². The van der Waals surface area contributed by atoms with E-state index in [0.29, 0.717) is 0 Å². The van der Waals surface area contributed by atoms with Gasteiger partial charge in [0.2, 0.25) is 0 Å². The Balaban J connectivity index is 1.40. The smallest absolute Gasteiger partial charge is 0.253 e. The Morgan fingerprint density at radius 1 is 0.872 bits per heavy atom. The van der Waals surface area contributed by atoms with Gasteiger partial charge in [0.15, 0.2) is 5.82 Å². The number of tetrazole rings is 1. The SMILES string of the molecule is Cc1ccc(C)c(N2CCN(C(c3cc4cc(C)cc(C)c4[nH]c3=O)c3nnnn3C3CCCCC3)CC2)c1. The highest BCUT2D eigenvalue weighted by atomic mass is 16.1. The normalized spacial score (nSPS) is 18.1. The molecule has 2 fully saturated rings. The number of pyridine rings is 1. The van der Waals surface area contributed by atoms with Crippen LogP contribution in [-0.2, 0) is 0 Å². The summed E-state index contributed by atoms with van der Waals surface area (Å²) < 4.78 is 2.03. The van der Waals surface area contributed by atoms with Gasteiger partial charge in [-0.3, -0.25) is 9.69 Å². The third-order valence-electron chi connectivity index (χ3n) is 8.68. The van der Waals surface area contributed by atoms with Crippen LogP contribution in [-0.4, -0.2) is 56.3 Å². The number of nitrogens with zero attached hydrogens (tertiary/aromatic N) is 6. The van der Waals surface area contributed by atoms with Crippen molar-refractivity contribution in [1.29, 1.82) is 0 Å². The number of hydrogen-bond acceptors (Lipinski definition) is 6. The first-order chi connectivity index (χ1) is 18.9. The van der Waals surface area contributed by atoms with Crippen LogP contribution in [0.15, 0.2) is 41.2 Å². The Morgan fingerprint density at radius 2 is 1.64 bits per heavy atom. The molecule has 1 N–H and O–H groups in total. The summed E-state index contributed by atoms with van der Waals surface area (Å²) in [7, 11) is 0. The molecule has 1 saturated heterocycles. The molecular weight excluding hydrogens is 486 g/mol. The number of benzene rings is 2. The molecule has 1 unspecified atom stereocenters. The number of piperazine rings is 1. The number of anilines is 1. The van der Waals surface area contributed by atoms with Crippen LogP contribution in [0.1, 0.15) is 77.8 Å². The zero-order chi connectivity index (χ0) is 27.1. The van der Waals surface area contributed by atoms with Crippen LogP contribution in [0.5, 0.6) is 0 Å². The molecule has 1 atom stereocenters. The second kappa shape index (κ2) is 10.6. The quantitative estimate of drug-likeness (QED) is 0.387. The maximum Gasteiger partial charge on any atom is 0.253 e. The van der Waals surface area contributed by atoms with E-state index in [1.54, 1.807) is 0 Å². The summed E-state index contributed by atoms with van der Waals surface area (Å²) in [4.78, 5) is 21.8. The number of fused-ring (bicyclic) bond motifs is 1. The van der Waals surface area contributed by atoms with Crippen molar-refractivity contribution in [2.24, 2.45) is 0 Å². The molecule has 4 aromatic rings. The molecule has 6 rings (SSSR count). The van der Waals surface area contributed by atoms with Gasteiger partial charge in [-0.15, -0.1) is 5.10 Å². The monoisotopic (exact) mass is 525 g/mol. The van der Waals surface area contributed by atoms with Gasteiger partial charge in [-0.25, -0.2) is 4.68 Å². The summed E-state index contributed by atoms with van der Waals surface area (Å²) >= 11 is 0. The predicted octanol–water partition coefficient (Wildman–Crippen LogP) is 5.17. The second-order valence-electron chi connectivity index (χ2n) is 11.6. The van der Waals surface area contributed by atoms with E-state index in [-0.39, 0.29) is 17.6 Å². The van der Waals surface area contributed by atoms with Gasteiger partial charge in [-0.05, 0) is 91.2 Å². The summed E-state index contributed by atoms with van der Waals surface area (Å²) in [6, 6.07) is 13.0.